The van der Waals surface area contributed by atoms with Gasteiger partial charge in [0.15, 0.2) is 5.78 Å². The van der Waals surface area contributed by atoms with E-state index in [1.165, 1.54) is 14.0 Å². The molecule has 0 saturated heterocycles. The zero-order valence-electron chi connectivity index (χ0n) is 9.35. The SMILES string of the molecule is COC(=O)c1cc(C(C)=O)n2ccn(C)c12. The molecule has 2 aromatic rings. The highest BCUT2D eigenvalue weighted by Gasteiger charge is 2.19. The molecule has 0 bridgehead atoms. The Kier molecular flexibility index (Phi) is 2.30. The molecule has 16 heavy (non-hydrogen) atoms. The molecule has 5 nitrogen and oxygen atoms in total. The maximum absolute atomic E-state index is 11.6. The highest BCUT2D eigenvalue weighted by Crippen LogP contribution is 2.18. The number of nitrogens with zero attached hydrogens (tertiary/aromatic N) is 2. The summed E-state index contributed by atoms with van der Waals surface area (Å²) in [5, 5.41) is 0. The van der Waals surface area contributed by atoms with E-state index in [1.54, 1.807) is 27.4 Å². The van der Waals surface area contributed by atoms with Gasteiger partial charge in [0, 0.05) is 26.4 Å². The van der Waals surface area contributed by atoms with E-state index in [1.807, 2.05) is 7.05 Å². The Morgan fingerprint density at radius 3 is 2.56 bits per heavy atom. The van der Waals surface area contributed by atoms with Crippen LogP contribution in [0.25, 0.3) is 5.65 Å². The number of aryl methyl sites for hydroxylation is 1. The maximum atomic E-state index is 11.6. The molecule has 5 heteroatoms. The van der Waals surface area contributed by atoms with E-state index >= 15 is 0 Å². The maximum Gasteiger partial charge on any atom is 0.341 e. The summed E-state index contributed by atoms with van der Waals surface area (Å²) in [6.07, 6.45) is 3.53. The molecule has 0 fully saturated rings. The van der Waals surface area contributed by atoms with Crippen LogP contribution in [0.1, 0.15) is 27.8 Å². The van der Waals surface area contributed by atoms with Gasteiger partial charge in [0.1, 0.15) is 11.2 Å². The van der Waals surface area contributed by atoms with E-state index in [-0.39, 0.29) is 5.78 Å². The Labute approximate surface area is 92.2 Å². The van der Waals surface area contributed by atoms with Crippen LogP contribution < -0.4 is 0 Å². The van der Waals surface area contributed by atoms with Crippen molar-refractivity contribution in [3.63, 3.8) is 0 Å². The van der Waals surface area contributed by atoms with Crippen LogP contribution in [0.3, 0.4) is 0 Å². The third kappa shape index (κ3) is 1.32. The van der Waals surface area contributed by atoms with Crippen molar-refractivity contribution in [2.75, 3.05) is 7.11 Å². The highest BCUT2D eigenvalue weighted by molar-refractivity contribution is 6.02. The highest BCUT2D eigenvalue weighted by atomic mass is 16.5. The second-order valence-corrected chi connectivity index (χ2v) is 3.59. The average Bonchev–Trinajstić information content (AvgIpc) is 2.78. The van der Waals surface area contributed by atoms with E-state index < -0.39 is 5.97 Å². The van der Waals surface area contributed by atoms with Gasteiger partial charge in [0.05, 0.1) is 12.8 Å². The van der Waals surface area contributed by atoms with Gasteiger partial charge in [-0.3, -0.25) is 9.20 Å². The molecule has 0 aromatic carbocycles. The molecule has 0 amide bonds. The minimum absolute atomic E-state index is 0.0867. The van der Waals surface area contributed by atoms with Crippen molar-refractivity contribution in [1.29, 1.82) is 0 Å². The number of imidazole rings is 1. The zero-order valence-corrected chi connectivity index (χ0v) is 9.35. The third-order valence-electron chi connectivity index (χ3n) is 2.55. The molecule has 0 N–H and O–H groups in total. The van der Waals surface area contributed by atoms with Crippen LogP contribution in [-0.4, -0.2) is 27.8 Å². The quantitative estimate of drug-likeness (QED) is 0.565. The number of hydrogen-bond donors (Lipinski definition) is 0. The Hall–Kier alpha value is -2.04. The first-order valence-electron chi connectivity index (χ1n) is 4.82. The fourth-order valence-electron chi connectivity index (χ4n) is 1.79. The fourth-order valence-corrected chi connectivity index (χ4v) is 1.79. The van der Waals surface area contributed by atoms with Crippen molar-refractivity contribution in [3.05, 3.63) is 29.7 Å². The van der Waals surface area contributed by atoms with Gasteiger partial charge in [-0.2, -0.15) is 0 Å². The van der Waals surface area contributed by atoms with Gasteiger partial charge in [0.25, 0.3) is 0 Å². The van der Waals surface area contributed by atoms with Crippen molar-refractivity contribution in [2.45, 2.75) is 6.92 Å². The number of methoxy groups -OCH3 is 1. The molecule has 0 aliphatic carbocycles. The van der Waals surface area contributed by atoms with E-state index in [4.69, 9.17) is 0 Å². The monoisotopic (exact) mass is 220 g/mol. The number of fused-ring (bicyclic) bond motifs is 1. The lowest BCUT2D eigenvalue weighted by molar-refractivity contribution is 0.0602. The number of carbonyl (C=O) groups is 2. The van der Waals surface area contributed by atoms with Crippen LogP contribution in [0, 0.1) is 0 Å². The van der Waals surface area contributed by atoms with E-state index in [9.17, 15) is 9.59 Å². The second-order valence-electron chi connectivity index (χ2n) is 3.59. The molecule has 0 saturated carbocycles. The summed E-state index contributed by atoms with van der Waals surface area (Å²) in [5.74, 6) is -0.525. The van der Waals surface area contributed by atoms with Crippen LogP contribution in [0.5, 0.6) is 0 Å². The fraction of sp³-hybridized carbons (Fsp3) is 0.273. The Morgan fingerprint density at radius 2 is 2.00 bits per heavy atom. The molecule has 0 spiro atoms. The minimum Gasteiger partial charge on any atom is -0.465 e. The summed E-state index contributed by atoms with van der Waals surface area (Å²) in [5.41, 5.74) is 1.55. The topological polar surface area (TPSA) is 52.7 Å². The second kappa shape index (κ2) is 3.52. The molecule has 0 aliphatic rings. The Morgan fingerprint density at radius 1 is 1.31 bits per heavy atom. The largest absolute Gasteiger partial charge is 0.465 e. The van der Waals surface area contributed by atoms with Crippen molar-refractivity contribution < 1.29 is 14.3 Å². The third-order valence-corrected chi connectivity index (χ3v) is 2.55. The minimum atomic E-state index is -0.438. The number of ether oxygens (including phenoxy) is 1. The van der Waals surface area contributed by atoms with Crippen molar-refractivity contribution >= 4 is 17.4 Å². The summed E-state index contributed by atoms with van der Waals surface area (Å²) >= 11 is 0. The Balaban J connectivity index is 2.78. The molecular weight excluding hydrogens is 208 g/mol. The van der Waals surface area contributed by atoms with Crippen LogP contribution in [0.2, 0.25) is 0 Å². The molecule has 0 atom stereocenters. The summed E-state index contributed by atoms with van der Waals surface area (Å²) in [6, 6.07) is 1.56. The number of carbonyl (C=O) groups excluding carboxylic acids is 2. The predicted octanol–water partition coefficient (Wildman–Crippen LogP) is 1.27. The molecule has 2 rings (SSSR count). The molecule has 0 radical (unpaired) electrons. The summed E-state index contributed by atoms with van der Waals surface area (Å²) in [7, 11) is 3.13. The van der Waals surface area contributed by atoms with Gasteiger partial charge < -0.3 is 9.30 Å². The van der Waals surface area contributed by atoms with Gasteiger partial charge in [-0.1, -0.05) is 0 Å². The summed E-state index contributed by atoms with van der Waals surface area (Å²) in [4.78, 5) is 23.0. The van der Waals surface area contributed by atoms with Gasteiger partial charge in [0.2, 0.25) is 0 Å². The van der Waals surface area contributed by atoms with Gasteiger partial charge in [-0.15, -0.1) is 0 Å². The molecule has 2 aromatic heterocycles. The number of aromatic nitrogens is 2. The lowest BCUT2D eigenvalue weighted by atomic mass is 10.2. The van der Waals surface area contributed by atoms with Gasteiger partial charge in [-0.05, 0) is 6.07 Å². The smallest absolute Gasteiger partial charge is 0.341 e. The molecule has 2 heterocycles. The van der Waals surface area contributed by atoms with E-state index in [0.717, 1.165) is 0 Å². The predicted molar refractivity (Wildman–Crippen MR) is 57.7 cm³/mol. The lowest BCUT2D eigenvalue weighted by Gasteiger charge is -1.97. The standard InChI is InChI=1S/C11H12N2O3/c1-7(14)9-6-8(11(15)16-3)10-12(2)4-5-13(9)10/h4-6H,1-3H3. The average molecular weight is 220 g/mol. The zero-order chi connectivity index (χ0) is 11.9. The first-order chi connectivity index (χ1) is 7.56. The molecule has 0 unspecified atom stereocenters. The first-order valence-corrected chi connectivity index (χ1v) is 4.82. The number of hydrogen-bond acceptors (Lipinski definition) is 3. The van der Waals surface area contributed by atoms with Crippen molar-refractivity contribution in [3.8, 4) is 0 Å². The number of ketones is 1. The summed E-state index contributed by atoms with van der Waals surface area (Å²) < 4.78 is 8.15. The number of Topliss-reactive ketones (excluding diaryl/α,β-unsaturated/α-hetero) is 1. The molecule has 84 valence electrons. The molecule has 0 aliphatic heterocycles. The molecular formula is C11H12N2O3. The van der Waals surface area contributed by atoms with Crippen LogP contribution in [0.15, 0.2) is 18.5 Å². The van der Waals surface area contributed by atoms with E-state index in [2.05, 4.69) is 4.74 Å². The number of esters is 1. The van der Waals surface area contributed by atoms with Gasteiger partial charge >= 0.3 is 5.97 Å². The van der Waals surface area contributed by atoms with Gasteiger partial charge in [-0.25, -0.2) is 4.79 Å². The van der Waals surface area contributed by atoms with Crippen molar-refractivity contribution in [2.24, 2.45) is 7.05 Å². The normalized spacial score (nSPS) is 10.7. The summed E-state index contributed by atoms with van der Waals surface area (Å²) in [6.45, 7) is 1.47. The van der Waals surface area contributed by atoms with Crippen LogP contribution in [0.4, 0.5) is 0 Å². The first kappa shape index (κ1) is 10.5. The van der Waals surface area contributed by atoms with Crippen molar-refractivity contribution in [1.82, 2.24) is 8.97 Å². The number of rotatable bonds is 2. The Bertz CT molecular complexity index is 577. The van der Waals surface area contributed by atoms with E-state index in [0.29, 0.717) is 16.9 Å². The lowest BCUT2D eigenvalue weighted by Crippen LogP contribution is -2.02. The van der Waals surface area contributed by atoms with Crippen LogP contribution >= 0.6 is 0 Å². The van der Waals surface area contributed by atoms with Crippen LogP contribution in [-0.2, 0) is 11.8 Å².